The second-order valence-corrected chi connectivity index (χ2v) is 6.71. The molecule has 0 bridgehead atoms. The molecule has 0 radical (unpaired) electrons. The Labute approximate surface area is 168 Å². The maximum atomic E-state index is 13.4. The highest BCUT2D eigenvalue weighted by atomic mass is 16.5. The third-order valence-corrected chi connectivity index (χ3v) is 4.20. The molecular formula is C23H31NO4. The molecule has 0 aromatic heterocycles. The molecule has 0 aliphatic rings. The number of rotatable bonds is 9. The Bertz CT molecular complexity index is 757. The third kappa shape index (κ3) is 4.97. The lowest BCUT2D eigenvalue weighted by molar-refractivity contribution is 0.0979. The molecule has 2 aromatic carbocycles. The van der Waals surface area contributed by atoms with Crippen molar-refractivity contribution in [1.82, 2.24) is 0 Å². The monoisotopic (exact) mass is 385 g/mol. The molecule has 0 atom stereocenters. The van der Waals surface area contributed by atoms with Crippen LogP contribution in [-0.4, -0.2) is 31.8 Å². The average molecular weight is 386 g/mol. The maximum absolute atomic E-state index is 13.4. The van der Waals surface area contributed by atoms with Crippen LogP contribution in [0.5, 0.6) is 17.2 Å². The largest absolute Gasteiger partial charge is 0.490 e. The van der Waals surface area contributed by atoms with E-state index in [0.717, 1.165) is 11.3 Å². The predicted octanol–water partition coefficient (Wildman–Crippen LogP) is 5.25. The van der Waals surface area contributed by atoms with Crippen LogP contribution in [0.15, 0.2) is 36.4 Å². The zero-order valence-electron chi connectivity index (χ0n) is 17.7. The number of benzene rings is 2. The highest BCUT2D eigenvalue weighted by Crippen LogP contribution is 2.39. The highest BCUT2D eigenvalue weighted by Gasteiger charge is 2.24. The summed E-state index contributed by atoms with van der Waals surface area (Å²) in [6, 6.07) is 11.4. The van der Waals surface area contributed by atoms with E-state index in [2.05, 4.69) is 0 Å². The number of nitrogens with zero attached hydrogens (tertiary/aromatic N) is 1. The standard InChI is InChI=1S/C23H31NO4/c1-7-26-20-14-18(15-21(27-8-2)22(20)28-9-3)23(25)24(16(4)5)19-12-10-17(6)11-13-19/h10-16H,7-9H2,1-6H3. The first-order valence-electron chi connectivity index (χ1n) is 9.89. The molecule has 0 fully saturated rings. The summed E-state index contributed by atoms with van der Waals surface area (Å²) in [5.41, 5.74) is 2.51. The Morgan fingerprint density at radius 1 is 0.893 bits per heavy atom. The molecule has 0 heterocycles. The van der Waals surface area contributed by atoms with Crippen molar-refractivity contribution >= 4 is 11.6 Å². The van der Waals surface area contributed by atoms with Crippen LogP contribution in [0.25, 0.3) is 0 Å². The van der Waals surface area contributed by atoms with Crippen LogP contribution in [-0.2, 0) is 0 Å². The number of ether oxygens (including phenoxy) is 3. The summed E-state index contributed by atoms with van der Waals surface area (Å²) in [4.78, 5) is 15.2. The zero-order chi connectivity index (χ0) is 20.7. The average Bonchev–Trinajstić information content (AvgIpc) is 2.66. The number of carbonyl (C=O) groups is 1. The van der Waals surface area contributed by atoms with Gasteiger partial charge in [0.25, 0.3) is 5.91 Å². The van der Waals surface area contributed by atoms with Crippen molar-refractivity contribution in [3.05, 3.63) is 47.5 Å². The van der Waals surface area contributed by atoms with Gasteiger partial charge in [0.1, 0.15) is 0 Å². The van der Waals surface area contributed by atoms with Crippen LogP contribution >= 0.6 is 0 Å². The van der Waals surface area contributed by atoms with Gasteiger partial charge in [0, 0.05) is 17.3 Å². The molecule has 0 aliphatic heterocycles. The first-order valence-corrected chi connectivity index (χ1v) is 9.89. The van der Waals surface area contributed by atoms with E-state index in [1.807, 2.05) is 65.8 Å². The van der Waals surface area contributed by atoms with E-state index in [1.54, 1.807) is 17.0 Å². The number of anilines is 1. The molecule has 0 unspecified atom stereocenters. The summed E-state index contributed by atoms with van der Waals surface area (Å²) in [6.07, 6.45) is 0. The van der Waals surface area contributed by atoms with Crippen LogP contribution < -0.4 is 19.1 Å². The van der Waals surface area contributed by atoms with Gasteiger partial charge in [-0.1, -0.05) is 17.7 Å². The Hall–Kier alpha value is -2.69. The summed E-state index contributed by atoms with van der Waals surface area (Å²) in [5.74, 6) is 1.47. The molecule has 152 valence electrons. The van der Waals surface area contributed by atoms with E-state index < -0.39 is 0 Å². The Morgan fingerprint density at radius 3 is 1.82 bits per heavy atom. The molecule has 5 nitrogen and oxygen atoms in total. The van der Waals surface area contributed by atoms with Gasteiger partial charge in [0.2, 0.25) is 5.75 Å². The SMILES string of the molecule is CCOc1cc(C(=O)N(c2ccc(C)cc2)C(C)C)cc(OCC)c1OCC. The van der Waals surface area contributed by atoms with Crippen molar-refractivity contribution < 1.29 is 19.0 Å². The van der Waals surface area contributed by atoms with Gasteiger partial charge >= 0.3 is 0 Å². The number of amides is 1. The fraction of sp³-hybridized carbons (Fsp3) is 0.435. The lowest BCUT2D eigenvalue weighted by Gasteiger charge is -2.28. The number of hydrogen-bond donors (Lipinski definition) is 0. The summed E-state index contributed by atoms with van der Waals surface area (Å²) in [5, 5.41) is 0. The van der Waals surface area contributed by atoms with Crippen LogP contribution in [0.1, 0.15) is 50.5 Å². The second-order valence-electron chi connectivity index (χ2n) is 6.71. The second kappa shape index (κ2) is 10.0. The van der Waals surface area contributed by atoms with Crippen LogP contribution in [0.4, 0.5) is 5.69 Å². The van der Waals surface area contributed by atoms with Crippen molar-refractivity contribution in [2.24, 2.45) is 0 Å². The van der Waals surface area contributed by atoms with Gasteiger partial charge < -0.3 is 19.1 Å². The quantitative estimate of drug-likeness (QED) is 0.592. The van der Waals surface area contributed by atoms with E-state index in [-0.39, 0.29) is 11.9 Å². The van der Waals surface area contributed by atoms with Crippen molar-refractivity contribution in [2.75, 3.05) is 24.7 Å². The molecule has 5 heteroatoms. The molecule has 28 heavy (non-hydrogen) atoms. The molecule has 1 amide bonds. The number of carbonyl (C=O) groups excluding carboxylic acids is 1. The minimum absolute atomic E-state index is 0.00661. The lowest BCUT2D eigenvalue weighted by Crippen LogP contribution is -2.37. The van der Waals surface area contributed by atoms with Gasteiger partial charge in [-0.05, 0) is 65.8 Å². The smallest absolute Gasteiger partial charge is 0.258 e. The number of hydrogen-bond acceptors (Lipinski definition) is 4. The molecule has 2 aromatic rings. The summed E-state index contributed by atoms with van der Waals surface area (Å²) in [7, 11) is 0. The maximum Gasteiger partial charge on any atom is 0.258 e. The van der Waals surface area contributed by atoms with Crippen LogP contribution in [0.3, 0.4) is 0 Å². The molecule has 0 aliphatic carbocycles. The molecule has 0 N–H and O–H groups in total. The molecule has 0 saturated heterocycles. The van der Waals surface area contributed by atoms with E-state index in [4.69, 9.17) is 14.2 Å². The van der Waals surface area contributed by atoms with Gasteiger partial charge in [-0.2, -0.15) is 0 Å². The molecule has 2 rings (SSSR count). The molecular weight excluding hydrogens is 354 g/mol. The first-order chi connectivity index (χ1) is 13.4. The van der Waals surface area contributed by atoms with Crippen molar-refractivity contribution in [3.63, 3.8) is 0 Å². The minimum Gasteiger partial charge on any atom is -0.490 e. The summed E-state index contributed by atoms with van der Waals surface area (Å²) < 4.78 is 17.2. The predicted molar refractivity (Wildman–Crippen MR) is 113 cm³/mol. The minimum atomic E-state index is -0.108. The molecule has 0 spiro atoms. The van der Waals surface area contributed by atoms with Gasteiger partial charge in [-0.3, -0.25) is 4.79 Å². The first kappa shape index (κ1) is 21.6. The molecule has 0 saturated carbocycles. The summed E-state index contributed by atoms with van der Waals surface area (Å²) >= 11 is 0. The number of aryl methyl sites for hydroxylation is 1. The van der Waals surface area contributed by atoms with Crippen LogP contribution in [0, 0.1) is 6.92 Å². The van der Waals surface area contributed by atoms with E-state index in [1.165, 1.54) is 0 Å². The van der Waals surface area contributed by atoms with Crippen LogP contribution in [0.2, 0.25) is 0 Å². The highest BCUT2D eigenvalue weighted by molar-refractivity contribution is 6.07. The van der Waals surface area contributed by atoms with Crippen molar-refractivity contribution in [2.45, 2.75) is 47.6 Å². The van der Waals surface area contributed by atoms with E-state index in [0.29, 0.717) is 42.6 Å². The van der Waals surface area contributed by atoms with E-state index in [9.17, 15) is 4.79 Å². The zero-order valence-corrected chi connectivity index (χ0v) is 17.7. The van der Waals surface area contributed by atoms with Crippen molar-refractivity contribution in [1.29, 1.82) is 0 Å². The van der Waals surface area contributed by atoms with Gasteiger partial charge in [-0.15, -0.1) is 0 Å². The van der Waals surface area contributed by atoms with Gasteiger partial charge in [0.05, 0.1) is 19.8 Å². The Balaban J connectivity index is 2.53. The lowest BCUT2D eigenvalue weighted by atomic mass is 10.1. The van der Waals surface area contributed by atoms with Gasteiger partial charge in [-0.25, -0.2) is 0 Å². The summed E-state index contributed by atoms with van der Waals surface area (Å²) in [6.45, 7) is 13.1. The fourth-order valence-electron chi connectivity index (χ4n) is 3.01. The topological polar surface area (TPSA) is 48.0 Å². The normalized spacial score (nSPS) is 10.7. The third-order valence-electron chi connectivity index (χ3n) is 4.20. The van der Waals surface area contributed by atoms with Crippen molar-refractivity contribution in [3.8, 4) is 17.2 Å². The van der Waals surface area contributed by atoms with E-state index >= 15 is 0 Å². The fourth-order valence-corrected chi connectivity index (χ4v) is 3.01. The van der Waals surface area contributed by atoms with Gasteiger partial charge in [0.15, 0.2) is 11.5 Å². The Kier molecular flexibility index (Phi) is 7.73. The Morgan fingerprint density at radius 2 is 1.39 bits per heavy atom.